The molecular weight excluding hydrogens is 162 g/mol. The number of hydrogen-bond acceptors (Lipinski definition) is 2. The Balaban J connectivity index is 2.18. The highest BCUT2D eigenvalue weighted by atomic mass is 16.3. The molecule has 0 radical (unpaired) electrons. The summed E-state index contributed by atoms with van der Waals surface area (Å²) in [6.07, 6.45) is 4.94. The quantitative estimate of drug-likeness (QED) is 0.683. The second kappa shape index (κ2) is 4.43. The molecule has 0 unspecified atom stereocenters. The van der Waals surface area contributed by atoms with E-state index in [2.05, 4.69) is 25.8 Å². The zero-order valence-electron chi connectivity index (χ0n) is 9.21. The van der Waals surface area contributed by atoms with Gasteiger partial charge in [-0.2, -0.15) is 0 Å². The molecule has 1 aliphatic carbocycles. The summed E-state index contributed by atoms with van der Waals surface area (Å²) >= 11 is 0. The van der Waals surface area contributed by atoms with E-state index in [1.165, 1.54) is 25.8 Å². The average Bonchev–Trinajstić information content (AvgIpc) is 2.82. The molecule has 1 N–H and O–H groups in total. The molecule has 0 atom stereocenters. The molecule has 0 spiro atoms. The van der Waals surface area contributed by atoms with Crippen molar-refractivity contribution in [2.24, 2.45) is 5.41 Å². The molecule has 1 rings (SSSR count). The van der Waals surface area contributed by atoms with Crippen LogP contribution < -0.4 is 0 Å². The predicted octanol–water partition coefficient (Wildman–Crippen LogP) is 1.88. The molecule has 13 heavy (non-hydrogen) atoms. The highest BCUT2D eigenvalue weighted by Gasteiger charge is 2.41. The van der Waals surface area contributed by atoms with E-state index in [9.17, 15) is 0 Å². The van der Waals surface area contributed by atoms with Gasteiger partial charge in [0.25, 0.3) is 0 Å². The van der Waals surface area contributed by atoms with E-state index in [0.29, 0.717) is 18.1 Å². The van der Waals surface area contributed by atoms with Gasteiger partial charge in [-0.1, -0.05) is 0 Å². The van der Waals surface area contributed by atoms with Gasteiger partial charge in [-0.15, -0.1) is 0 Å². The first-order valence-electron chi connectivity index (χ1n) is 5.41. The highest BCUT2D eigenvalue weighted by Crippen LogP contribution is 2.51. The summed E-state index contributed by atoms with van der Waals surface area (Å²) in [5, 5.41) is 8.90. The van der Waals surface area contributed by atoms with Crippen molar-refractivity contribution in [1.82, 2.24) is 4.90 Å². The van der Waals surface area contributed by atoms with Crippen molar-refractivity contribution < 1.29 is 5.11 Å². The van der Waals surface area contributed by atoms with Crippen molar-refractivity contribution in [2.75, 3.05) is 20.2 Å². The zero-order valence-corrected chi connectivity index (χ0v) is 9.21. The van der Waals surface area contributed by atoms with E-state index >= 15 is 0 Å². The van der Waals surface area contributed by atoms with Crippen LogP contribution in [0.25, 0.3) is 0 Å². The topological polar surface area (TPSA) is 23.5 Å². The molecule has 0 heterocycles. The Kier molecular flexibility index (Phi) is 3.74. The Morgan fingerprint density at radius 2 is 1.92 bits per heavy atom. The minimum atomic E-state index is 0.366. The fraction of sp³-hybridized carbons (Fsp3) is 1.00. The number of aliphatic hydroxyl groups is 1. The first kappa shape index (κ1) is 11.0. The lowest BCUT2D eigenvalue weighted by molar-refractivity contribution is 0.209. The molecule has 0 saturated heterocycles. The largest absolute Gasteiger partial charge is 0.396 e. The molecule has 2 heteroatoms. The molecule has 2 nitrogen and oxygen atoms in total. The van der Waals surface area contributed by atoms with Crippen LogP contribution in [0.4, 0.5) is 0 Å². The maximum Gasteiger partial charge on any atom is 0.0436 e. The predicted molar refractivity (Wildman–Crippen MR) is 55.8 cm³/mol. The Labute approximate surface area is 81.9 Å². The van der Waals surface area contributed by atoms with Crippen LogP contribution in [0.3, 0.4) is 0 Å². The Morgan fingerprint density at radius 3 is 2.31 bits per heavy atom. The van der Waals surface area contributed by atoms with E-state index < -0.39 is 0 Å². The summed E-state index contributed by atoms with van der Waals surface area (Å²) < 4.78 is 0. The molecular formula is C11H23NO. The summed E-state index contributed by atoms with van der Waals surface area (Å²) in [6, 6.07) is 0.643. The van der Waals surface area contributed by atoms with Crippen LogP contribution >= 0.6 is 0 Å². The summed E-state index contributed by atoms with van der Waals surface area (Å²) in [7, 11) is 2.18. The van der Waals surface area contributed by atoms with E-state index in [0.717, 1.165) is 6.42 Å². The minimum Gasteiger partial charge on any atom is -0.396 e. The second-order valence-corrected chi connectivity index (χ2v) is 4.80. The fourth-order valence-electron chi connectivity index (χ4n) is 1.71. The Bertz CT molecular complexity index is 152. The third-order valence-electron chi connectivity index (χ3n) is 3.48. The van der Waals surface area contributed by atoms with Crippen LogP contribution in [0, 0.1) is 5.41 Å². The SMILES string of the molecule is CC(C)N(C)CCC1(CCO)CC1. The standard InChI is InChI=1S/C11H23NO/c1-10(2)12(3)8-6-11(4-5-11)7-9-13/h10,13H,4-9H2,1-3H3. The summed E-state index contributed by atoms with van der Waals surface area (Å²) in [4.78, 5) is 2.39. The van der Waals surface area contributed by atoms with Gasteiger partial charge in [0, 0.05) is 12.6 Å². The lowest BCUT2D eigenvalue weighted by atomic mass is 9.98. The van der Waals surface area contributed by atoms with Crippen molar-refractivity contribution in [3.63, 3.8) is 0 Å². The lowest BCUT2D eigenvalue weighted by Crippen LogP contribution is -2.29. The van der Waals surface area contributed by atoms with Crippen molar-refractivity contribution in [3.05, 3.63) is 0 Å². The molecule has 0 aliphatic heterocycles. The van der Waals surface area contributed by atoms with Gasteiger partial charge in [-0.3, -0.25) is 0 Å². The molecule has 0 amide bonds. The van der Waals surface area contributed by atoms with Gasteiger partial charge in [0.15, 0.2) is 0 Å². The number of hydrogen-bond donors (Lipinski definition) is 1. The van der Waals surface area contributed by atoms with Crippen LogP contribution in [-0.2, 0) is 0 Å². The molecule has 0 aromatic heterocycles. The Morgan fingerprint density at radius 1 is 1.31 bits per heavy atom. The van der Waals surface area contributed by atoms with Crippen molar-refractivity contribution >= 4 is 0 Å². The summed E-state index contributed by atoms with van der Waals surface area (Å²) in [6.45, 7) is 6.00. The molecule has 0 bridgehead atoms. The van der Waals surface area contributed by atoms with Crippen molar-refractivity contribution in [2.45, 2.75) is 45.6 Å². The van der Waals surface area contributed by atoms with E-state index in [-0.39, 0.29) is 0 Å². The average molecular weight is 185 g/mol. The van der Waals surface area contributed by atoms with Gasteiger partial charge >= 0.3 is 0 Å². The first-order chi connectivity index (χ1) is 6.09. The monoisotopic (exact) mass is 185 g/mol. The van der Waals surface area contributed by atoms with Gasteiger partial charge in [0.1, 0.15) is 0 Å². The first-order valence-corrected chi connectivity index (χ1v) is 5.41. The Hall–Kier alpha value is -0.0800. The van der Waals surface area contributed by atoms with Crippen LogP contribution in [-0.4, -0.2) is 36.2 Å². The van der Waals surface area contributed by atoms with E-state index in [4.69, 9.17) is 5.11 Å². The van der Waals surface area contributed by atoms with Gasteiger partial charge in [0.05, 0.1) is 0 Å². The molecule has 0 aromatic rings. The van der Waals surface area contributed by atoms with E-state index in [1.54, 1.807) is 0 Å². The van der Waals surface area contributed by atoms with Crippen LogP contribution in [0.15, 0.2) is 0 Å². The molecule has 0 aromatic carbocycles. The van der Waals surface area contributed by atoms with Crippen LogP contribution in [0.5, 0.6) is 0 Å². The van der Waals surface area contributed by atoms with E-state index in [1.807, 2.05) is 0 Å². The maximum absolute atomic E-state index is 8.90. The maximum atomic E-state index is 8.90. The molecule has 78 valence electrons. The molecule has 1 saturated carbocycles. The smallest absolute Gasteiger partial charge is 0.0436 e. The van der Waals surface area contributed by atoms with Crippen molar-refractivity contribution in [1.29, 1.82) is 0 Å². The number of aliphatic hydroxyl groups excluding tert-OH is 1. The second-order valence-electron chi connectivity index (χ2n) is 4.80. The van der Waals surface area contributed by atoms with Gasteiger partial charge < -0.3 is 10.0 Å². The van der Waals surface area contributed by atoms with Crippen molar-refractivity contribution in [3.8, 4) is 0 Å². The number of nitrogens with zero attached hydrogens (tertiary/aromatic N) is 1. The van der Waals surface area contributed by atoms with Gasteiger partial charge in [-0.05, 0) is 58.5 Å². The zero-order chi connectivity index (χ0) is 9.90. The lowest BCUT2D eigenvalue weighted by Gasteiger charge is -2.23. The summed E-state index contributed by atoms with van der Waals surface area (Å²) in [5.41, 5.74) is 0.526. The molecule has 1 fully saturated rings. The van der Waals surface area contributed by atoms with Gasteiger partial charge in [0.2, 0.25) is 0 Å². The van der Waals surface area contributed by atoms with Gasteiger partial charge in [-0.25, -0.2) is 0 Å². The third-order valence-corrected chi connectivity index (χ3v) is 3.48. The summed E-state index contributed by atoms with van der Waals surface area (Å²) in [5.74, 6) is 0. The third kappa shape index (κ3) is 3.28. The highest BCUT2D eigenvalue weighted by molar-refractivity contribution is 4.93. The van der Waals surface area contributed by atoms with Crippen LogP contribution in [0.2, 0.25) is 0 Å². The van der Waals surface area contributed by atoms with Crippen LogP contribution in [0.1, 0.15) is 39.5 Å². The normalized spacial score (nSPS) is 19.8. The molecule has 1 aliphatic rings. The number of rotatable bonds is 6. The minimum absolute atomic E-state index is 0.366. The fourth-order valence-corrected chi connectivity index (χ4v) is 1.71.